The Bertz CT molecular complexity index is 1100. The highest BCUT2D eigenvalue weighted by atomic mass is 16.3. The zero-order chi connectivity index (χ0) is 20.1. The first-order valence-corrected chi connectivity index (χ1v) is 10.4. The van der Waals surface area contributed by atoms with Gasteiger partial charge in [0, 0.05) is 54.5 Å². The monoisotopic (exact) mass is 390 g/mol. The van der Waals surface area contributed by atoms with Crippen LogP contribution in [-0.4, -0.2) is 45.8 Å². The van der Waals surface area contributed by atoms with Crippen LogP contribution in [0.25, 0.3) is 11.0 Å². The van der Waals surface area contributed by atoms with Crippen LogP contribution >= 0.6 is 0 Å². The molecule has 6 nitrogen and oxygen atoms in total. The van der Waals surface area contributed by atoms with Crippen molar-refractivity contribution in [1.82, 2.24) is 19.8 Å². The van der Waals surface area contributed by atoms with Gasteiger partial charge in [-0.1, -0.05) is 18.2 Å². The maximum atomic E-state index is 13.4. The fourth-order valence-electron chi connectivity index (χ4n) is 4.63. The molecule has 29 heavy (non-hydrogen) atoms. The summed E-state index contributed by atoms with van der Waals surface area (Å²) >= 11 is 0. The molecule has 5 rings (SSSR count). The number of aromatic nitrogens is 2. The molecular weight excluding hydrogens is 364 g/mol. The molecule has 0 aliphatic carbocycles. The molecule has 1 saturated heterocycles. The van der Waals surface area contributed by atoms with Gasteiger partial charge in [-0.15, -0.1) is 0 Å². The summed E-state index contributed by atoms with van der Waals surface area (Å²) in [6, 6.07) is 5.95. The fourth-order valence-corrected chi connectivity index (χ4v) is 4.63. The molecule has 1 fully saturated rings. The van der Waals surface area contributed by atoms with E-state index < -0.39 is 0 Å². The van der Waals surface area contributed by atoms with Crippen molar-refractivity contribution >= 4 is 16.9 Å². The summed E-state index contributed by atoms with van der Waals surface area (Å²) in [5.41, 5.74) is 5.09. The molecule has 4 heterocycles. The molecular formula is C23H26N4O2. The lowest BCUT2D eigenvalue weighted by Gasteiger charge is -2.26. The van der Waals surface area contributed by atoms with Crippen LogP contribution in [0.1, 0.15) is 57.6 Å². The van der Waals surface area contributed by atoms with Crippen LogP contribution in [0.4, 0.5) is 0 Å². The largest absolute Gasteiger partial charge is 0.450 e. The number of furan rings is 1. The number of hydrogen-bond donors (Lipinski definition) is 0. The summed E-state index contributed by atoms with van der Waals surface area (Å²) in [6.45, 7) is 6.59. The second-order valence-electron chi connectivity index (χ2n) is 8.35. The number of aryl methyl sites for hydroxylation is 2. The number of hydrogen-bond acceptors (Lipinski definition) is 5. The first-order valence-electron chi connectivity index (χ1n) is 10.4. The smallest absolute Gasteiger partial charge is 0.290 e. The van der Waals surface area contributed by atoms with Crippen molar-refractivity contribution in [2.45, 2.75) is 45.7 Å². The van der Waals surface area contributed by atoms with Gasteiger partial charge in [0.05, 0.1) is 6.04 Å². The van der Waals surface area contributed by atoms with Crippen molar-refractivity contribution in [3.63, 3.8) is 0 Å². The lowest BCUT2D eigenvalue weighted by atomic mass is 10.1. The summed E-state index contributed by atoms with van der Waals surface area (Å²) in [4.78, 5) is 27.1. The SMILES string of the molecule is Cc1c(C(=O)N2CCCC2c2ncc3c(n2)CCN(C)C3)oc2c(C)cccc12. The molecule has 6 heteroatoms. The number of fused-ring (bicyclic) bond motifs is 2. The van der Waals surface area contributed by atoms with E-state index in [2.05, 4.69) is 16.9 Å². The van der Waals surface area contributed by atoms with Gasteiger partial charge in [0.15, 0.2) is 11.6 Å². The van der Waals surface area contributed by atoms with Crippen molar-refractivity contribution in [3.8, 4) is 0 Å². The zero-order valence-corrected chi connectivity index (χ0v) is 17.2. The normalized spacial score (nSPS) is 19.7. The van der Waals surface area contributed by atoms with Crippen molar-refractivity contribution < 1.29 is 9.21 Å². The molecule has 1 atom stereocenters. The van der Waals surface area contributed by atoms with E-state index in [0.717, 1.165) is 66.0 Å². The van der Waals surface area contributed by atoms with Gasteiger partial charge in [-0.05, 0) is 39.3 Å². The number of carbonyl (C=O) groups excluding carboxylic acids is 1. The molecule has 0 radical (unpaired) electrons. The van der Waals surface area contributed by atoms with Crippen LogP contribution in [0, 0.1) is 13.8 Å². The minimum absolute atomic E-state index is 0.0540. The summed E-state index contributed by atoms with van der Waals surface area (Å²) in [6.07, 6.45) is 4.73. The Morgan fingerprint density at radius 1 is 1.24 bits per heavy atom. The van der Waals surface area contributed by atoms with Gasteiger partial charge >= 0.3 is 0 Å². The maximum absolute atomic E-state index is 13.4. The van der Waals surface area contributed by atoms with E-state index in [1.54, 1.807) is 0 Å². The highest BCUT2D eigenvalue weighted by Crippen LogP contribution is 2.35. The zero-order valence-electron chi connectivity index (χ0n) is 17.2. The van der Waals surface area contributed by atoms with E-state index in [-0.39, 0.29) is 11.9 Å². The van der Waals surface area contributed by atoms with Crippen LogP contribution < -0.4 is 0 Å². The summed E-state index contributed by atoms with van der Waals surface area (Å²) in [5.74, 6) is 1.16. The Morgan fingerprint density at radius 3 is 2.93 bits per heavy atom. The summed E-state index contributed by atoms with van der Waals surface area (Å²) in [5, 5.41) is 1.01. The molecule has 1 amide bonds. The van der Waals surface area contributed by atoms with Crippen molar-refractivity contribution in [2.75, 3.05) is 20.1 Å². The third-order valence-electron chi connectivity index (χ3n) is 6.31. The highest BCUT2D eigenvalue weighted by Gasteiger charge is 2.35. The third kappa shape index (κ3) is 3.02. The minimum atomic E-state index is -0.0823. The van der Waals surface area contributed by atoms with Crippen molar-refractivity contribution in [2.24, 2.45) is 0 Å². The van der Waals surface area contributed by atoms with Crippen molar-refractivity contribution in [3.05, 3.63) is 58.4 Å². The van der Waals surface area contributed by atoms with E-state index in [1.165, 1.54) is 5.56 Å². The Balaban J connectivity index is 1.48. The average Bonchev–Trinajstić information content (AvgIpc) is 3.33. The van der Waals surface area contributed by atoms with Crippen molar-refractivity contribution in [1.29, 1.82) is 0 Å². The van der Waals surface area contributed by atoms with Crippen LogP contribution in [0.5, 0.6) is 0 Å². The molecule has 2 aliphatic heterocycles. The topological polar surface area (TPSA) is 62.5 Å². The molecule has 2 aromatic heterocycles. The molecule has 1 aromatic carbocycles. The second kappa shape index (κ2) is 6.95. The van der Waals surface area contributed by atoms with Gasteiger partial charge in [-0.3, -0.25) is 4.79 Å². The van der Waals surface area contributed by atoms with E-state index in [9.17, 15) is 4.79 Å². The van der Waals surface area contributed by atoms with E-state index in [4.69, 9.17) is 9.40 Å². The summed E-state index contributed by atoms with van der Waals surface area (Å²) < 4.78 is 6.05. The lowest BCUT2D eigenvalue weighted by Crippen LogP contribution is -2.33. The molecule has 3 aromatic rings. The molecule has 0 saturated carbocycles. The van der Waals surface area contributed by atoms with Crippen LogP contribution in [0.15, 0.2) is 28.8 Å². The van der Waals surface area contributed by atoms with Gasteiger partial charge in [0.25, 0.3) is 5.91 Å². The van der Waals surface area contributed by atoms with Crippen LogP contribution in [-0.2, 0) is 13.0 Å². The third-order valence-corrected chi connectivity index (χ3v) is 6.31. The first kappa shape index (κ1) is 18.3. The number of likely N-dealkylation sites (N-methyl/N-ethyl adjacent to an activating group) is 1. The lowest BCUT2D eigenvalue weighted by molar-refractivity contribution is 0.0698. The first-order chi connectivity index (χ1) is 14.0. The number of rotatable bonds is 2. The number of amides is 1. The van der Waals surface area contributed by atoms with Gasteiger partial charge < -0.3 is 14.2 Å². The highest BCUT2D eigenvalue weighted by molar-refractivity contribution is 5.99. The van der Waals surface area contributed by atoms with Gasteiger partial charge in [-0.25, -0.2) is 9.97 Å². The molecule has 1 unspecified atom stereocenters. The maximum Gasteiger partial charge on any atom is 0.290 e. The Hall–Kier alpha value is -2.73. The predicted octanol–water partition coefficient (Wildman–Crippen LogP) is 3.80. The Morgan fingerprint density at radius 2 is 2.10 bits per heavy atom. The van der Waals surface area contributed by atoms with E-state index in [1.807, 2.05) is 43.1 Å². The summed E-state index contributed by atoms with van der Waals surface area (Å²) in [7, 11) is 2.12. The number of nitrogens with zero attached hydrogens (tertiary/aromatic N) is 4. The molecule has 0 bridgehead atoms. The predicted molar refractivity (Wildman–Crippen MR) is 111 cm³/mol. The van der Waals surface area contributed by atoms with Crippen LogP contribution in [0.2, 0.25) is 0 Å². The Kier molecular flexibility index (Phi) is 4.39. The molecule has 0 spiro atoms. The van der Waals surface area contributed by atoms with Gasteiger partial charge in [0.2, 0.25) is 0 Å². The van der Waals surface area contributed by atoms with Gasteiger partial charge in [0.1, 0.15) is 5.58 Å². The quantitative estimate of drug-likeness (QED) is 0.666. The van der Waals surface area contributed by atoms with E-state index >= 15 is 0 Å². The number of para-hydroxylation sites is 1. The standard InChI is InChI=1S/C23H26N4O2/c1-14-6-4-7-17-15(2)21(29-20(14)17)23(28)27-10-5-8-19(27)22-24-12-16-13-26(3)11-9-18(16)25-22/h4,6-7,12,19H,5,8-11,13H2,1-3H3. The van der Waals surface area contributed by atoms with Crippen LogP contribution in [0.3, 0.4) is 0 Å². The number of carbonyl (C=O) groups is 1. The second-order valence-corrected chi connectivity index (χ2v) is 8.35. The minimum Gasteiger partial charge on any atom is -0.450 e. The molecule has 2 aliphatic rings. The molecule has 150 valence electrons. The fraction of sp³-hybridized carbons (Fsp3) is 0.435. The van der Waals surface area contributed by atoms with E-state index in [0.29, 0.717) is 12.3 Å². The number of benzene rings is 1. The molecule has 0 N–H and O–H groups in total. The Labute approximate surface area is 170 Å². The van der Waals surface area contributed by atoms with Gasteiger partial charge in [-0.2, -0.15) is 0 Å². The number of likely N-dealkylation sites (tertiary alicyclic amines) is 1. The average molecular weight is 390 g/mol.